The second-order valence-electron chi connectivity index (χ2n) is 7.48. The van der Waals surface area contributed by atoms with Crippen LogP contribution in [0.15, 0.2) is 11.6 Å². The SMILES string of the molecule is CS(=O)(=O)N(CCC(=O)NCCC1=CCCCC1)C1CCCCCC1. The van der Waals surface area contributed by atoms with Gasteiger partial charge in [-0.05, 0) is 44.9 Å². The van der Waals surface area contributed by atoms with E-state index in [1.165, 1.54) is 37.5 Å². The molecular formula is C19H34N2O3S. The largest absolute Gasteiger partial charge is 0.356 e. The molecule has 1 amide bonds. The number of sulfonamides is 1. The molecule has 0 aromatic rings. The molecule has 0 spiro atoms. The van der Waals surface area contributed by atoms with Crippen molar-refractivity contribution in [1.29, 1.82) is 0 Å². The van der Waals surface area contributed by atoms with Gasteiger partial charge in [-0.2, -0.15) is 4.31 Å². The van der Waals surface area contributed by atoms with E-state index in [0.29, 0.717) is 13.1 Å². The average Bonchev–Trinajstić information content (AvgIpc) is 2.84. The van der Waals surface area contributed by atoms with Gasteiger partial charge in [-0.3, -0.25) is 4.79 Å². The molecule has 2 rings (SSSR count). The number of amides is 1. The summed E-state index contributed by atoms with van der Waals surface area (Å²) in [5.41, 5.74) is 1.45. The summed E-state index contributed by atoms with van der Waals surface area (Å²) in [7, 11) is -3.27. The molecule has 0 aromatic carbocycles. The van der Waals surface area contributed by atoms with Crippen LogP contribution in [0.25, 0.3) is 0 Å². The van der Waals surface area contributed by atoms with Gasteiger partial charge in [0.05, 0.1) is 6.26 Å². The lowest BCUT2D eigenvalue weighted by Crippen LogP contribution is -2.41. The first-order valence-electron chi connectivity index (χ1n) is 9.88. The summed E-state index contributed by atoms with van der Waals surface area (Å²) in [6.07, 6.45) is 16.0. The number of rotatable bonds is 8. The van der Waals surface area contributed by atoms with Crippen molar-refractivity contribution in [3.8, 4) is 0 Å². The Hall–Kier alpha value is -0.880. The Morgan fingerprint density at radius 1 is 1.16 bits per heavy atom. The Labute approximate surface area is 153 Å². The summed E-state index contributed by atoms with van der Waals surface area (Å²) in [5.74, 6) is -0.0429. The molecule has 0 aromatic heterocycles. The van der Waals surface area contributed by atoms with Crippen molar-refractivity contribution >= 4 is 15.9 Å². The molecule has 1 fully saturated rings. The highest BCUT2D eigenvalue weighted by Gasteiger charge is 2.27. The van der Waals surface area contributed by atoms with Crippen LogP contribution in [0, 0.1) is 0 Å². The van der Waals surface area contributed by atoms with Crippen LogP contribution >= 0.6 is 0 Å². The molecule has 25 heavy (non-hydrogen) atoms. The molecule has 2 aliphatic rings. The molecular weight excluding hydrogens is 336 g/mol. The van der Waals surface area contributed by atoms with Gasteiger partial charge in [0.1, 0.15) is 0 Å². The first kappa shape index (κ1) is 20.4. The zero-order valence-corrected chi connectivity index (χ0v) is 16.5. The maximum atomic E-state index is 12.2. The molecule has 1 saturated carbocycles. The number of hydrogen-bond donors (Lipinski definition) is 1. The number of hydrogen-bond acceptors (Lipinski definition) is 3. The Morgan fingerprint density at radius 3 is 2.48 bits per heavy atom. The lowest BCUT2D eigenvalue weighted by atomic mass is 9.97. The summed E-state index contributed by atoms with van der Waals surface area (Å²) in [6.45, 7) is 0.963. The average molecular weight is 371 g/mol. The van der Waals surface area contributed by atoms with Gasteiger partial charge in [-0.1, -0.05) is 37.3 Å². The standard InChI is InChI=1S/C19H34N2O3S/c1-25(23,24)21(18-11-7-2-3-8-12-18)16-14-19(22)20-15-13-17-9-5-4-6-10-17/h9,18H,2-8,10-16H2,1H3,(H,20,22). The Balaban J connectivity index is 1.76. The van der Waals surface area contributed by atoms with Crippen molar-refractivity contribution in [2.24, 2.45) is 0 Å². The highest BCUT2D eigenvalue weighted by molar-refractivity contribution is 7.88. The van der Waals surface area contributed by atoms with Crippen LogP contribution in [0.5, 0.6) is 0 Å². The summed E-state index contributed by atoms with van der Waals surface area (Å²) >= 11 is 0. The fourth-order valence-electron chi connectivity index (χ4n) is 3.96. The lowest BCUT2D eigenvalue weighted by molar-refractivity contribution is -0.121. The fourth-order valence-corrected chi connectivity index (χ4v) is 5.13. The molecule has 2 aliphatic carbocycles. The van der Waals surface area contributed by atoms with Gasteiger partial charge in [-0.15, -0.1) is 0 Å². The highest BCUT2D eigenvalue weighted by atomic mass is 32.2. The number of nitrogens with one attached hydrogen (secondary N) is 1. The third-order valence-corrected chi connectivity index (χ3v) is 6.70. The fraction of sp³-hybridized carbons (Fsp3) is 0.842. The zero-order valence-electron chi connectivity index (χ0n) is 15.6. The molecule has 0 saturated heterocycles. The van der Waals surface area contributed by atoms with Crippen LogP contribution in [0.4, 0.5) is 0 Å². The summed E-state index contributed by atoms with van der Waals surface area (Å²) in [6, 6.07) is 0.0673. The van der Waals surface area contributed by atoms with Crippen molar-refractivity contribution < 1.29 is 13.2 Å². The number of allylic oxidation sites excluding steroid dienone is 1. The molecule has 5 nitrogen and oxygen atoms in total. The number of carbonyl (C=O) groups is 1. The van der Waals surface area contributed by atoms with E-state index in [1.54, 1.807) is 4.31 Å². The van der Waals surface area contributed by atoms with E-state index in [9.17, 15) is 13.2 Å². The van der Waals surface area contributed by atoms with Gasteiger partial charge in [0.15, 0.2) is 0 Å². The molecule has 0 radical (unpaired) electrons. The minimum Gasteiger partial charge on any atom is -0.356 e. The van der Waals surface area contributed by atoms with Gasteiger partial charge in [0.2, 0.25) is 15.9 Å². The van der Waals surface area contributed by atoms with Crippen molar-refractivity contribution in [2.75, 3.05) is 19.3 Å². The van der Waals surface area contributed by atoms with Crippen LogP contribution in [0.1, 0.15) is 77.0 Å². The highest BCUT2D eigenvalue weighted by Crippen LogP contribution is 2.24. The maximum Gasteiger partial charge on any atom is 0.221 e. The monoisotopic (exact) mass is 370 g/mol. The summed E-state index contributed by atoms with van der Waals surface area (Å²) < 4.78 is 25.9. The first-order valence-corrected chi connectivity index (χ1v) is 11.7. The zero-order chi connectivity index (χ0) is 18.1. The second kappa shape index (κ2) is 10.3. The van der Waals surface area contributed by atoms with Crippen molar-refractivity contribution in [3.63, 3.8) is 0 Å². The second-order valence-corrected chi connectivity index (χ2v) is 9.41. The minimum atomic E-state index is -3.27. The predicted octanol–water partition coefficient (Wildman–Crippen LogP) is 3.37. The third-order valence-electron chi connectivity index (χ3n) is 5.37. The molecule has 144 valence electrons. The van der Waals surface area contributed by atoms with Crippen LogP contribution in [0.3, 0.4) is 0 Å². The predicted molar refractivity (Wildman–Crippen MR) is 102 cm³/mol. The minimum absolute atomic E-state index is 0.0429. The molecule has 0 aliphatic heterocycles. The Kier molecular flexibility index (Phi) is 8.43. The van der Waals surface area contributed by atoms with Crippen LogP contribution in [-0.4, -0.2) is 44.0 Å². The molecule has 6 heteroatoms. The normalized spacial score (nSPS) is 20.2. The van der Waals surface area contributed by atoms with E-state index in [1.807, 2.05) is 0 Å². The van der Waals surface area contributed by atoms with Gasteiger partial charge in [0, 0.05) is 25.6 Å². The lowest BCUT2D eigenvalue weighted by Gasteiger charge is -2.28. The Bertz CT molecular complexity index is 549. The molecule has 0 unspecified atom stereocenters. The van der Waals surface area contributed by atoms with Crippen LogP contribution in [-0.2, 0) is 14.8 Å². The third kappa shape index (κ3) is 7.48. The molecule has 0 atom stereocenters. The van der Waals surface area contributed by atoms with Crippen molar-refractivity contribution in [2.45, 2.75) is 83.1 Å². The van der Waals surface area contributed by atoms with E-state index >= 15 is 0 Å². The molecule has 0 bridgehead atoms. The van der Waals surface area contributed by atoms with Gasteiger partial charge in [-0.25, -0.2) is 8.42 Å². The Morgan fingerprint density at radius 2 is 1.88 bits per heavy atom. The number of nitrogens with zero attached hydrogens (tertiary/aromatic N) is 1. The molecule has 1 N–H and O–H groups in total. The van der Waals surface area contributed by atoms with Gasteiger partial charge < -0.3 is 5.32 Å². The molecule has 0 heterocycles. The van der Waals surface area contributed by atoms with E-state index in [2.05, 4.69) is 11.4 Å². The van der Waals surface area contributed by atoms with Gasteiger partial charge in [0.25, 0.3) is 0 Å². The van der Waals surface area contributed by atoms with Crippen LogP contribution < -0.4 is 5.32 Å². The number of carbonyl (C=O) groups excluding carboxylic acids is 1. The van der Waals surface area contributed by atoms with Gasteiger partial charge >= 0.3 is 0 Å². The summed E-state index contributed by atoms with van der Waals surface area (Å²) in [5, 5.41) is 2.95. The topological polar surface area (TPSA) is 66.5 Å². The maximum absolute atomic E-state index is 12.2. The van der Waals surface area contributed by atoms with Crippen molar-refractivity contribution in [1.82, 2.24) is 9.62 Å². The first-order chi connectivity index (χ1) is 12.0. The quantitative estimate of drug-likeness (QED) is 0.526. The van der Waals surface area contributed by atoms with Crippen molar-refractivity contribution in [3.05, 3.63) is 11.6 Å². The summed E-state index contributed by atoms with van der Waals surface area (Å²) in [4.78, 5) is 12.1. The van der Waals surface area contributed by atoms with E-state index in [4.69, 9.17) is 0 Å². The smallest absolute Gasteiger partial charge is 0.221 e. The van der Waals surface area contributed by atoms with E-state index < -0.39 is 10.0 Å². The van der Waals surface area contributed by atoms with E-state index in [-0.39, 0.29) is 18.4 Å². The van der Waals surface area contributed by atoms with Crippen LogP contribution in [0.2, 0.25) is 0 Å². The van der Waals surface area contributed by atoms with E-state index in [0.717, 1.165) is 44.9 Å².